The molecule has 0 aliphatic carbocycles. The normalized spacial score (nSPS) is 21.6. The number of carbonyl (C=O) groups excluding carboxylic acids is 1. The number of amides is 1. The minimum atomic E-state index is -3.22. The fourth-order valence-electron chi connectivity index (χ4n) is 2.63. The summed E-state index contributed by atoms with van der Waals surface area (Å²) in [7, 11) is -1.58. The van der Waals surface area contributed by atoms with Crippen LogP contribution in [0.5, 0.6) is 0 Å². The third-order valence-corrected chi connectivity index (χ3v) is 6.32. The fraction of sp³-hybridized carbons (Fsp3) is 0.812. The highest BCUT2D eigenvalue weighted by atomic mass is 32.2. The lowest BCUT2D eigenvalue weighted by Gasteiger charge is -2.28. The lowest BCUT2D eigenvalue weighted by Crippen LogP contribution is -2.40. The molecule has 1 aromatic rings. The number of aromatic nitrogens is 2. The van der Waals surface area contributed by atoms with Crippen LogP contribution in [0.25, 0.3) is 0 Å². The Morgan fingerprint density at radius 1 is 1.40 bits per heavy atom. The van der Waals surface area contributed by atoms with Gasteiger partial charge in [0.1, 0.15) is 10.9 Å². The van der Waals surface area contributed by atoms with Gasteiger partial charge >= 0.3 is 6.09 Å². The summed E-state index contributed by atoms with van der Waals surface area (Å²) in [5.41, 5.74) is -0.570. The molecule has 0 bridgehead atoms. The molecule has 1 fully saturated rings. The van der Waals surface area contributed by atoms with Crippen molar-refractivity contribution in [1.82, 2.24) is 15.0 Å². The van der Waals surface area contributed by atoms with E-state index in [0.717, 1.165) is 6.42 Å². The molecule has 0 N–H and O–H groups in total. The topological polar surface area (TPSA) is 103 Å². The second-order valence-electron chi connectivity index (χ2n) is 7.54. The average molecular weight is 373 g/mol. The van der Waals surface area contributed by atoms with Crippen LogP contribution in [0.3, 0.4) is 0 Å². The van der Waals surface area contributed by atoms with Gasteiger partial charge in [0.2, 0.25) is 5.89 Å². The molecule has 25 heavy (non-hydrogen) atoms. The molecule has 8 nitrogen and oxygen atoms in total. The molecule has 1 aliphatic rings. The van der Waals surface area contributed by atoms with Crippen LogP contribution < -0.4 is 0 Å². The molecule has 2 rings (SSSR count). The predicted octanol–water partition coefficient (Wildman–Crippen LogP) is 2.51. The Bertz CT molecular complexity index is 708. The highest BCUT2D eigenvalue weighted by Gasteiger charge is 2.35. The number of likely N-dealkylation sites (N-methyl/N-ethyl adjacent to an activating group) is 1. The van der Waals surface area contributed by atoms with Crippen LogP contribution in [0.4, 0.5) is 4.79 Å². The monoisotopic (exact) mass is 373 g/mol. The zero-order valence-corrected chi connectivity index (χ0v) is 16.3. The van der Waals surface area contributed by atoms with Crippen LogP contribution in [0.2, 0.25) is 0 Å². The van der Waals surface area contributed by atoms with E-state index in [1.54, 1.807) is 27.8 Å². The van der Waals surface area contributed by atoms with E-state index in [0.29, 0.717) is 25.1 Å². The van der Waals surface area contributed by atoms with Crippen LogP contribution in [0.15, 0.2) is 4.52 Å². The molecule has 0 radical (unpaired) electrons. The number of rotatable bonds is 4. The number of hydrogen-bond acceptors (Lipinski definition) is 7. The van der Waals surface area contributed by atoms with Crippen LogP contribution in [0.1, 0.15) is 63.9 Å². The first-order valence-electron chi connectivity index (χ1n) is 8.49. The molecule has 0 saturated carbocycles. The smallest absolute Gasteiger partial charge is 0.410 e. The van der Waals surface area contributed by atoms with Crippen molar-refractivity contribution in [2.75, 3.05) is 12.8 Å². The zero-order chi connectivity index (χ0) is 18.8. The summed E-state index contributed by atoms with van der Waals surface area (Å²) in [6.45, 7) is 7.26. The first kappa shape index (κ1) is 19.7. The van der Waals surface area contributed by atoms with Gasteiger partial charge in [-0.15, -0.1) is 0 Å². The Labute approximate surface area is 148 Å². The summed E-state index contributed by atoms with van der Waals surface area (Å²) in [4.78, 5) is 17.8. The molecule has 1 amide bonds. The van der Waals surface area contributed by atoms with Gasteiger partial charge < -0.3 is 14.2 Å². The summed E-state index contributed by atoms with van der Waals surface area (Å²) in [6, 6.07) is -0.219. The van der Waals surface area contributed by atoms with E-state index in [2.05, 4.69) is 10.1 Å². The van der Waals surface area contributed by atoms with Crippen molar-refractivity contribution in [2.45, 2.75) is 70.3 Å². The van der Waals surface area contributed by atoms with Gasteiger partial charge in [-0.1, -0.05) is 11.6 Å². The molecule has 142 valence electrons. The number of nitrogens with zero attached hydrogens (tertiary/aromatic N) is 3. The number of carbonyl (C=O) groups is 1. The van der Waals surface area contributed by atoms with Crippen molar-refractivity contribution in [3.05, 3.63) is 11.7 Å². The Morgan fingerprint density at radius 2 is 2.08 bits per heavy atom. The maximum absolute atomic E-state index is 12.1. The molecule has 1 saturated heterocycles. The van der Waals surface area contributed by atoms with E-state index >= 15 is 0 Å². The second-order valence-corrected chi connectivity index (χ2v) is 9.85. The molecule has 0 aromatic carbocycles. The average Bonchev–Trinajstić information content (AvgIpc) is 2.92. The summed E-state index contributed by atoms with van der Waals surface area (Å²) >= 11 is 0. The summed E-state index contributed by atoms with van der Waals surface area (Å²) < 4.78 is 34.8. The van der Waals surface area contributed by atoms with E-state index < -0.39 is 26.8 Å². The summed E-state index contributed by atoms with van der Waals surface area (Å²) in [5.74, 6) is 0.702. The van der Waals surface area contributed by atoms with Gasteiger partial charge in [-0.3, -0.25) is 0 Å². The lowest BCUT2D eigenvalue weighted by molar-refractivity contribution is 0.0234. The molecule has 1 aliphatic heterocycles. The maximum atomic E-state index is 12.1. The number of hydrogen-bond donors (Lipinski definition) is 0. The second kappa shape index (κ2) is 7.31. The minimum Gasteiger partial charge on any atom is -0.444 e. The third kappa shape index (κ3) is 5.17. The molecule has 1 aromatic heterocycles. The zero-order valence-electron chi connectivity index (χ0n) is 15.5. The van der Waals surface area contributed by atoms with Crippen molar-refractivity contribution < 1.29 is 22.5 Å². The Kier molecular flexibility index (Phi) is 5.75. The van der Waals surface area contributed by atoms with Crippen molar-refractivity contribution in [3.8, 4) is 0 Å². The lowest BCUT2D eigenvalue weighted by atomic mass is 10.2. The standard InChI is InChI=1S/C16H27N3O5S/c1-11(19(5)15(20)23-16(2,3)4)10-13-17-14(24-18-13)12-8-6-7-9-25(12,21)22/h11-12H,6-10H2,1-5H3/t11-,12+/m1/s1. The van der Waals surface area contributed by atoms with Crippen molar-refractivity contribution in [1.29, 1.82) is 0 Å². The largest absolute Gasteiger partial charge is 0.444 e. The molecule has 9 heteroatoms. The van der Waals surface area contributed by atoms with Gasteiger partial charge in [0.05, 0.1) is 5.75 Å². The molecule has 0 spiro atoms. The van der Waals surface area contributed by atoms with Gasteiger partial charge in [-0.2, -0.15) is 4.98 Å². The molecule has 0 unspecified atom stereocenters. The predicted molar refractivity (Wildman–Crippen MR) is 91.8 cm³/mol. The van der Waals surface area contributed by atoms with Gasteiger partial charge in [0, 0.05) is 19.5 Å². The van der Waals surface area contributed by atoms with E-state index in [-0.39, 0.29) is 17.7 Å². The van der Waals surface area contributed by atoms with E-state index in [4.69, 9.17) is 9.26 Å². The number of sulfone groups is 1. The molecule has 2 atom stereocenters. The van der Waals surface area contributed by atoms with Gasteiger partial charge in [0.15, 0.2) is 15.7 Å². The third-order valence-electron chi connectivity index (χ3n) is 4.16. The van der Waals surface area contributed by atoms with Crippen molar-refractivity contribution in [2.24, 2.45) is 0 Å². The Balaban J connectivity index is 2.02. The SMILES string of the molecule is C[C@H](Cc1noc([C@@H]2CCCCS2(=O)=O)n1)N(C)C(=O)OC(C)(C)C. The van der Waals surface area contributed by atoms with E-state index in [9.17, 15) is 13.2 Å². The van der Waals surface area contributed by atoms with Crippen LogP contribution in [0, 0.1) is 0 Å². The first-order chi connectivity index (χ1) is 11.5. The summed E-state index contributed by atoms with van der Waals surface area (Å²) in [5, 5.41) is 3.18. The number of ether oxygens (including phenoxy) is 1. The van der Waals surface area contributed by atoms with Gasteiger partial charge in [0.25, 0.3) is 0 Å². The molecular formula is C16H27N3O5S. The van der Waals surface area contributed by atoms with E-state index in [1.165, 1.54) is 4.90 Å². The Morgan fingerprint density at radius 3 is 2.68 bits per heavy atom. The maximum Gasteiger partial charge on any atom is 0.410 e. The van der Waals surface area contributed by atoms with Gasteiger partial charge in [-0.05, 0) is 40.5 Å². The van der Waals surface area contributed by atoms with E-state index in [1.807, 2.05) is 6.92 Å². The highest BCUT2D eigenvalue weighted by molar-refractivity contribution is 7.91. The van der Waals surface area contributed by atoms with Crippen molar-refractivity contribution >= 4 is 15.9 Å². The first-order valence-corrected chi connectivity index (χ1v) is 10.2. The van der Waals surface area contributed by atoms with Gasteiger partial charge in [-0.25, -0.2) is 13.2 Å². The highest BCUT2D eigenvalue weighted by Crippen LogP contribution is 2.32. The summed E-state index contributed by atoms with van der Waals surface area (Å²) in [6.07, 6.45) is 1.94. The van der Waals surface area contributed by atoms with Crippen LogP contribution in [-0.4, -0.2) is 54.0 Å². The fourth-order valence-corrected chi connectivity index (χ4v) is 4.45. The molecular weight excluding hydrogens is 346 g/mol. The van der Waals surface area contributed by atoms with Crippen LogP contribution in [-0.2, 0) is 21.0 Å². The van der Waals surface area contributed by atoms with Crippen LogP contribution >= 0.6 is 0 Å². The Hall–Kier alpha value is -1.64. The molecule has 2 heterocycles. The minimum absolute atomic E-state index is 0.154. The quantitative estimate of drug-likeness (QED) is 0.799. The van der Waals surface area contributed by atoms with Crippen molar-refractivity contribution in [3.63, 3.8) is 0 Å².